The van der Waals surface area contributed by atoms with Crippen LogP contribution in [0.15, 0.2) is 18.2 Å². The fraction of sp³-hybridized carbons (Fsp3) is 0.500. The number of rotatable bonds is 6. The van der Waals surface area contributed by atoms with Gasteiger partial charge in [-0.05, 0) is 36.2 Å². The summed E-state index contributed by atoms with van der Waals surface area (Å²) in [7, 11) is 3.32. The Morgan fingerprint density at radius 1 is 1.35 bits per heavy atom. The van der Waals surface area contributed by atoms with E-state index in [0.29, 0.717) is 42.7 Å². The molecule has 2 aromatic rings. The number of ether oxygens (including phenoxy) is 3. The molecule has 0 saturated carbocycles. The van der Waals surface area contributed by atoms with Crippen LogP contribution in [0.5, 0.6) is 11.5 Å². The molecule has 1 unspecified atom stereocenters. The van der Waals surface area contributed by atoms with Gasteiger partial charge in [-0.2, -0.15) is 4.37 Å². The molecule has 4 rings (SSSR count). The zero-order valence-corrected chi connectivity index (χ0v) is 19.0. The number of hydrogen-bond acceptors (Lipinski definition) is 7. The number of hydrogen-bond donors (Lipinski definition) is 0. The second-order valence-electron chi connectivity index (χ2n) is 7.92. The Bertz CT molecular complexity index is 986. The quantitative estimate of drug-likeness (QED) is 0.680. The first-order chi connectivity index (χ1) is 14.9. The zero-order valence-electron chi connectivity index (χ0n) is 18.2. The number of aryl methyl sites for hydroxylation is 1. The third-order valence-electron chi connectivity index (χ3n) is 5.83. The average Bonchev–Trinajstić information content (AvgIpc) is 3.48. The second kappa shape index (κ2) is 8.84. The van der Waals surface area contributed by atoms with Crippen LogP contribution < -0.4 is 19.3 Å². The summed E-state index contributed by atoms with van der Waals surface area (Å²) >= 11 is 1.24. The Kier molecular flexibility index (Phi) is 6.15. The lowest BCUT2D eigenvalue weighted by Gasteiger charge is -2.22. The van der Waals surface area contributed by atoms with Crippen molar-refractivity contribution >= 4 is 34.0 Å². The van der Waals surface area contributed by atoms with Crippen molar-refractivity contribution in [2.45, 2.75) is 38.7 Å². The van der Waals surface area contributed by atoms with Crippen molar-refractivity contribution in [1.29, 1.82) is 0 Å². The van der Waals surface area contributed by atoms with Crippen molar-refractivity contribution in [3.8, 4) is 11.5 Å². The molecule has 0 N–H and O–H groups in total. The molecule has 2 fully saturated rings. The van der Waals surface area contributed by atoms with Gasteiger partial charge in [0, 0.05) is 39.3 Å². The molecule has 1 aromatic heterocycles. The zero-order chi connectivity index (χ0) is 22.1. The lowest BCUT2D eigenvalue weighted by Crippen LogP contribution is -2.29. The van der Waals surface area contributed by atoms with Crippen LogP contribution in [-0.4, -0.2) is 56.2 Å². The van der Waals surface area contributed by atoms with Crippen molar-refractivity contribution in [2.75, 3.05) is 43.7 Å². The number of carbonyl (C=O) groups is 2. The van der Waals surface area contributed by atoms with Crippen LogP contribution in [0.25, 0.3) is 0 Å². The van der Waals surface area contributed by atoms with E-state index in [0.717, 1.165) is 23.4 Å². The first-order valence-electron chi connectivity index (χ1n) is 10.3. The van der Waals surface area contributed by atoms with Crippen LogP contribution in [-0.2, 0) is 14.3 Å². The number of nitrogens with zero attached hydrogens (tertiary/aromatic N) is 3. The maximum Gasteiger partial charge on any atom is 0.227 e. The summed E-state index contributed by atoms with van der Waals surface area (Å²) in [5, 5.41) is 0.694. The number of methoxy groups -OCH3 is 1. The monoisotopic (exact) mass is 445 g/mol. The minimum atomic E-state index is -0.0964. The molecule has 9 heteroatoms. The van der Waals surface area contributed by atoms with Gasteiger partial charge < -0.3 is 24.0 Å². The molecule has 0 bridgehead atoms. The Morgan fingerprint density at radius 2 is 2.16 bits per heavy atom. The van der Waals surface area contributed by atoms with E-state index in [2.05, 4.69) is 4.37 Å². The number of amides is 2. The predicted molar refractivity (Wildman–Crippen MR) is 118 cm³/mol. The molecular weight excluding hydrogens is 418 g/mol. The summed E-state index contributed by atoms with van der Waals surface area (Å²) in [6, 6.07) is 5.85. The van der Waals surface area contributed by atoms with E-state index >= 15 is 0 Å². The lowest BCUT2D eigenvalue weighted by atomic mass is 9.98. The van der Waals surface area contributed by atoms with Crippen molar-refractivity contribution in [2.24, 2.45) is 0 Å². The van der Waals surface area contributed by atoms with Crippen LogP contribution in [0.3, 0.4) is 0 Å². The van der Waals surface area contributed by atoms with Gasteiger partial charge in [-0.15, -0.1) is 0 Å². The summed E-state index contributed by atoms with van der Waals surface area (Å²) in [6.45, 7) is 5.16. The highest BCUT2D eigenvalue weighted by atomic mass is 32.1. The van der Waals surface area contributed by atoms with E-state index in [1.54, 1.807) is 24.0 Å². The number of carbonyl (C=O) groups excluding carboxylic acids is 2. The third-order valence-corrected chi connectivity index (χ3v) is 6.83. The van der Waals surface area contributed by atoms with Crippen molar-refractivity contribution in [1.82, 2.24) is 4.37 Å². The van der Waals surface area contributed by atoms with E-state index in [9.17, 15) is 9.59 Å². The van der Waals surface area contributed by atoms with Crippen molar-refractivity contribution in [3.63, 3.8) is 0 Å². The highest BCUT2D eigenvalue weighted by molar-refractivity contribution is 7.11. The van der Waals surface area contributed by atoms with Crippen LogP contribution in [0.1, 0.15) is 36.9 Å². The topological polar surface area (TPSA) is 81.2 Å². The summed E-state index contributed by atoms with van der Waals surface area (Å²) in [4.78, 5) is 28.2. The third kappa shape index (κ3) is 4.24. The SMILES string of the molecule is COc1ccc(C2CC(=O)N(c3c(C)nsc3N(C)C(C)=O)C2)cc1O[C@@H]1CCOC1. The van der Waals surface area contributed by atoms with Gasteiger partial charge in [0.1, 0.15) is 16.8 Å². The Balaban J connectivity index is 1.59. The second-order valence-corrected chi connectivity index (χ2v) is 8.67. The van der Waals surface area contributed by atoms with Gasteiger partial charge in [-0.3, -0.25) is 9.59 Å². The van der Waals surface area contributed by atoms with Crippen LogP contribution in [0.2, 0.25) is 0 Å². The lowest BCUT2D eigenvalue weighted by molar-refractivity contribution is -0.117. The van der Waals surface area contributed by atoms with Crippen LogP contribution in [0, 0.1) is 6.92 Å². The molecule has 1 aromatic carbocycles. The van der Waals surface area contributed by atoms with E-state index in [4.69, 9.17) is 14.2 Å². The molecule has 2 aliphatic heterocycles. The first kappa shape index (κ1) is 21.6. The van der Waals surface area contributed by atoms with Crippen molar-refractivity contribution < 1.29 is 23.8 Å². The Labute approximate surface area is 185 Å². The van der Waals surface area contributed by atoms with Crippen molar-refractivity contribution in [3.05, 3.63) is 29.5 Å². The van der Waals surface area contributed by atoms with E-state index in [1.807, 2.05) is 25.1 Å². The van der Waals surface area contributed by atoms with Gasteiger partial charge in [0.15, 0.2) is 11.5 Å². The maximum absolute atomic E-state index is 13.0. The molecule has 166 valence electrons. The van der Waals surface area contributed by atoms with Gasteiger partial charge in [0.25, 0.3) is 0 Å². The molecule has 2 atom stereocenters. The molecule has 2 saturated heterocycles. The summed E-state index contributed by atoms with van der Waals surface area (Å²) in [6.07, 6.45) is 1.24. The molecule has 31 heavy (non-hydrogen) atoms. The van der Waals surface area contributed by atoms with Gasteiger partial charge in [0.05, 0.1) is 26.0 Å². The molecule has 2 amide bonds. The molecule has 2 aliphatic rings. The van der Waals surface area contributed by atoms with E-state index < -0.39 is 0 Å². The summed E-state index contributed by atoms with van der Waals surface area (Å²) in [5.41, 5.74) is 2.50. The Morgan fingerprint density at radius 3 is 2.84 bits per heavy atom. The molecule has 8 nitrogen and oxygen atoms in total. The highest BCUT2D eigenvalue weighted by Gasteiger charge is 2.36. The van der Waals surface area contributed by atoms with E-state index in [1.165, 1.54) is 18.5 Å². The fourth-order valence-electron chi connectivity index (χ4n) is 4.00. The molecule has 0 spiro atoms. The van der Waals surface area contributed by atoms with Crippen LogP contribution in [0.4, 0.5) is 10.7 Å². The summed E-state index contributed by atoms with van der Waals surface area (Å²) in [5.74, 6) is 1.28. The number of aromatic nitrogens is 1. The number of anilines is 2. The largest absolute Gasteiger partial charge is 0.493 e. The summed E-state index contributed by atoms with van der Waals surface area (Å²) < 4.78 is 21.4. The molecule has 0 radical (unpaired) electrons. The minimum Gasteiger partial charge on any atom is -0.493 e. The molecule has 3 heterocycles. The normalized spacial score (nSPS) is 20.9. The van der Waals surface area contributed by atoms with Gasteiger partial charge >= 0.3 is 0 Å². The average molecular weight is 446 g/mol. The number of benzene rings is 1. The maximum atomic E-state index is 13.0. The van der Waals surface area contributed by atoms with Gasteiger partial charge in [0.2, 0.25) is 11.8 Å². The predicted octanol–water partition coefficient (Wildman–Crippen LogP) is 3.13. The Hall–Kier alpha value is -2.65. The molecule has 0 aliphatic carbocycles. The first-order valence-corrected chi connectivity index (χ1v) is 11.1. The molecular formula is C22H27N3O5S. The fourth-order valence-corrected chi connectivity index (χ4v) is 4.90. The minimum absolute atomic E-state index is 0.00932. The van der Waals surface area contributed by atoms with Crippen LogP contribution >= 0.6 is 11.5 Å². The standard InChI is InChI=1S/C22H27N3O5S/c1-13-21(22(31-23-13)24(3)14(2)26)25-11-16(10-20(25)27)15-5-6-18(28-4)19(9-15)30-17-7-8-29-12-17/h5-6,9,16-17H,7-8,10-12H2,1-4H3/t16?,17-/m1/s1. The smallest absolute Gasteiger partial charge is 0.227 e. The van der Waals surface area contributed by atoms with Gasteiger partial charge in [-0.25, -0.2) is 0 Å². The van der Waals surface area contributed by atoms with E-state index in [-0.39, 0.29) is 23.8 Å². The van der Waals surface area contributed by atoms with Gasteiger partial charge in [-0.1, -0.05) is 6.07 Å². The highest BCUT2D eigenvalue weighted by Crippen LogP contribution is 2.42.